The van der Waals surface area contributed by atoms with Gasteiger partial charge in [-0.15, -0.1) is 0 Å². The van der Waals surface area contributed by atoms with E-state index in [9.17, 15) is 9.18 Å². The molecule has 174 valence electrons. The van der Waals surface area contributed by atoms with Crippen molar-refractivity contribution in [2.75, 3.05) is 38.7 Å². The normalized spacial score (nSPS) is 20.4. The summed E-state index contributed by atoms with van der Waals surface area (Å²) in [6.07, 6.45) is 0.767. The number of ether oxygens (including phenoxy) is 2. The Bertz CT molecular complexity index is 1110. The number of amides is 1. The highest BCUT2D eigenvalue weighted by Crippen LogP contribution is 2.35. The molecule has 4 N–H and O–H groups in total. The van der Waals surface area contributed by atoms with Gasteiger partial charge in [-0.25, -0.2) is 19.3 Å². The summed E-state index contributed by atoms with van der Waals surface area (Å²) in [5.74, 6) is 0.207. The van der Waals surface area contributed by atoms with Crippen molar-refractivity contribution >= 4 is 11.9 Å². The Balaban J connectivity index is 1.68. The number of nitrogens with zero attached hydrogens (tertiary/aromatic N) is 3. The standard InChI is InChI=1S/C22H25FN6O4/c1-22(20(31)24-2)11-32-19(33-12-22)18-28-16(13-3-5-14(23)6-4-13)17(29-18)15-7-8-25-21(27-15)26-9-10-30/h3-8,19,30H,9-12H2,1-2H3,(H,24,31)(H,28,29)(H,25,26,27). The second-order valence-corrected chi connectivity index (χ2v) is 7.86. The molecule has 0 saturated carbocycles. The fraction of sp³-hybridized carbons (Fsp3) is 0.364. The topological polar surface area (TPSA) is 134 Å². The number of halogens is 1. The van der Waals surface area contributed by atoms with Crippen LogP contribution in [0, 0.1) is 11.2 Å². The number of aromatic nitrogens is 4. The number of imidazole rings is 1. The van der Waals surface area contributed by atoms with E-state index in [1.54, 1.807) is 38.4 Å². The summed E-state index contributed by atoms with van der Waals surface area (Å²) in [5.41, 5.74) is 1.50. The van der Waals surface area contributed by atoms with Gasteiger partial charge in [0.25, 0.3) is 0 Å². The van der Waals surface area contributed by atoms with Crippen molar-refractivity contribution in [2.45, 2.75) is 13.2 Å². The highest BCUT2D eigenvalue weighted by Gasteiger charge is 2.40. The summed E-state index contributed by atoms with van der Waals surface area (Å²) in [6.45, 7) is 2.32. The van der Waals surface area contributed by atoms with Crippen molar-refractivity contribution < 1.29 is 23.8 Å². The molecule has 0 spiro atoms. The highest BCUT2D eigenvalue weighted by atomic mass is 19.1. The van der Waals surface area contributed by atoms with Gasteiger partial charge >= 0.3 is 0 Å². The molecule has 0 radical (unpaired) electrons. The zero-order valence-corrected chi connectivity index (χ0v) is 18.3. The average Bonchev–Trinajstić information content (AvgIpc) is 3.28. The van der Waals surface area contributed by atoms with E-state index < -0.39 is 11.7 Å². The highest BCUT2D eigenvalue weighted by molar-refractivity contribution is 5.82. The molecular weight excluding hydrogens is 431 g/mol. The minimum absolute atomic E-state index is 0.0616. The lowest BCUT2D eigenvalue weighted by atomic mass is 9.91. The molecule has 1 aromatic carbocycles. The zero-order chi connectivity index (χ0) is 23.4. The van der Waals surface area contributed by atoms with Gasteiger partial charge in [0.05, 0.1) is 42.3 Å². The second kappa shape index (κ2) is 9.61. The van der Waals surface area contributed by atoms with E-state index >= 15 is 0 Å². The van der Waals surface area contributed by atoms with Crippen LogP contribution >= 0.6 is 0 Å². The minimum Gasteiger partial charge on any atom is -0.395 e. The average molecular weight is 456 g/mol. The van der Waals surface area contributed by atoms with Crippen LogP contribution in [0.15, 0.2) is 36.5 Å². The summed E-state index contributed by atoms with van der Waals surface area (Å²) >= 11 is 0. The van der Waals surface area contributed by atoms with Gasteiger partial charge in [0.2, 0.25) is 18.1 Å². The van der Waals surface area contributed by atoms with Crippen LogP contribution in [0.25, 0.3) is 22.6 Å². The molecule has 11 heteroatoms. The van der Waals surface area contributed by atoms with E-state index in [0.717, 1.165) is 0 Å². The Morgan fingerprint density at radius 3 is 2.64 bits per heavy atom. The van der Waals surface area contributed by atoms with Crippen LogP contribution in [0.3, 0.4) is 0 Å². The summed E-state index contributed by atoms with van der Waals surface area (Å²) in [6, 6.07) is 7.65. The lowest BCUT2D eigenvalue weighted by molar-refractivity contribution is -0.230. The molecule has 1 amide bonds. The van der Waals surface area contributed by atoms with Gasteiger partial charge in [0.1, 0.15) is 5.82 Å². The second-order valence-electron chi connectivity index (χ2n) is 7.86. The number of aromatic amines is 1. The first-order chi connectivity index (χ1) is 15.9. The minimum atomic E-state index is -0.815. The van der Waals surface area contributed by atoms with Gasteiger partial charge in [0.15, 0.2) is 5.82 Å². The summed E-state index contributed by atoms with van der Waals surface area (Å²) in [5, 5.41) is 14.6. The molecule has 0 aliphatic carbocycles. The maximum Gasteiger partial charge on any atom is 0.230 e. The van der Waals surface area contributed by atoms with Crippen LogP contribution in [-0.2, 0) is 14.3 Å². The first kappa shape index (κ1) is 22.8. The molecule has 3 aromatic rings. The van der Waals surface area contributed by atoms with Gasteiger partial charge in [-0.05, 0) is 37.3 Å². The molecule has 3 heterocycles. The summed E-state index contributed by atoms with van der Waals surface area (Å²) < 4.78 is 25.2. The smallest absolute Gasteiger partial charge is 0.230 e. The number of H-pyrrole nitrogens is 1. The Kier molecular flexibility index (Phi) is 6.63. The molecular formula is C22H25FN6O4. The SMILES string of the molecule is CNC(=O)C1(C)COC(c2nc(-c3ccc(F)cc3)c(-c3ccnc(NCCO)n3)[nH]2)OC1. The number of carbonyl (C=O) groups excluding carboxylic acids is 1. The Labute approximate surface area is 189 Å². The Morgan fingerprint density at radius 2 is 1.97 bits per heavy atom. The number of anilines is 1. The lowest BCUT2D eigenvalue weighted by Gasteiger charge is -2.34. The van der Waals surface area contributed by atoms with Crippen molar-refractivity contribution in [2.24, 2.45) is 5.41 Å². The van der Waals surface area contributed by atoms with Gasteiger partial charge in [-0.2, -0.15) is 0 Å². The third-order valence-corrected chi connectivity index (χ3v) is 5.25. The van der Waals surface area contributed by atoms with E-state index in [-0.39, 0.29) is 31.5 Å². The van der Waals surface area contributed by atoms with Crippen LogP contribution in [-0.4, -0.2) is 64.4 Å². The summed E-state index contributed by atoms with van der Waals surface area (Å²) in [7, 11) is 1.57. The first-order valence-electron chi connectivity index (χ1n) is 10.4. The zero-order valence-electron chi connectivity index (χ0n) is 18.3. The monoisotopic (exact) mass is 456 g/mol. The number of nitrogens with one attached hydrogen (secondary N) is 3. The van der Waals surface area contributed by atoms with Gasteiger partial charge < -0.3 is 30.2 Å². The molecule has 1 aliphatic rings. The van der Waals surface area contributed by atoms with Crippen LogP contribution in [0.4, 0.5) is 10.3 Å². The van der Waals surface area contributed by atoms with Gasteiger partial charge in [0, 0.05) is 25.4 Å². The number of carbonyl (C=O) groups is 1. The number of aliphatic hydroxyl groups is 1. The molecule has 2 aromatic heterocycles. The van der Waals surface area contributed by atoms with Crippen molar-refractivity contribution in [1.29, 1.82) is 0 Å². The third kappa shape index (κ3) is 4.85. The molecule has 1 saturated heterocycles. The number of rotatable bonds is 7. The number of aliphatic hydroxyl groups excluding tert-OH is 1. The molecule has 0 unspecified atom stereocenters. The summed E-state index contributed by atoms with van der Waals surface area (Å²) in [4.78, 5) is 28.6. The van der Waals surface area contributed by atoms with E-state index in [4.69, 9.17) is 14.6 Å². The predicted molar refractivity (Wildman–Crippen MR) is 117 cm³/mol. The number of hydrogen-bond acceptors (Lipinski definition) is 8. The molecule has 10 nitrogen and oxygen atoms in total. The Hall–Kier alpha value is -3.41. The van der Waals surface area contributed by atoms with Crippen LogP contribution in [0.1, 0.15) is 19.0 Å². The van der Waals surface area contributed by atoms with Crippen molar-refractivity contribution in [3.05, 3.63) is 48.2 Å². The van der Waals surface area contributed by atoms with Crippen LogP contribution < -0.4 is 10.6 Å². The molecule has 4 rings (SSSR count). The van der Waals surface area contributed by atoms with Gasteiger partial charge in [-0.1, -0.05) is 0 Å². The van der Waals surface area contributed by atoms with Crippen LogP contribution in [0.5, 0.6) is 0 Å². The maximum atomic E-state index is 13.5. The first-order valence-corrected chi connectivity index (χ1v) is 10.4. The predicted octanol–water partition coefficient (Wildman–Crippen LogP) is 1.87. The van der Waals surface area contributed by atoms with E-state index in [2.05, 4.69) is 30.6 Å². The molecule has 33 heavy (non-hydrogen) atoms. The number of benzene rings is 1. The molecule has 1 fully saturated rings. The quantitative estimate of drug-likeness (QED) is 0.423. The fourth-order valence-corrected chi connectivity index (χ4v) is 3.46. The molecule has 0 atom stereocenters. The van der Waals surface area contributed by atoms with Crippen molar-refractivity contribution in [3.63, 3.8) is 0 Å². The molecule has 1 aliphatic heterocycles. The number of hydrogen-bond donors (Lipinski definition) is 4. The van der Waals surface area contributed by atoms with Crippen molar-refractivity contribution in [3.8, 4) is 22.6 Å². The van der Waals surface area contributed by atoms with Crippen LogP contribution in [0.2, 0.25) is 0 Å². The Morgan fingerprint density at radius 1 is 1.24 bits per heavy atom. The van der Waals surface area contributed by atoms with E-state index in [1.807, 2.05) is 0 Å². The van der Waals surface area contributed by atoms with Crippen molar-refractivity contribution in [1.82, 2.24) is 25.3 Å². The maximum absolute atomic E-state index is 13.5. The largest absolute Gasteiger partial charge is 0.395 e. The fourth-order valence-electron chi connectivity index (χ4n) is 3.46. The van der Waals surface area contributed by atoms with E-state index in [0.29, 0.717) is 41.0 Å². The van der Waals surface area contributed by atoms with E-state index in [1.165, 1.54) is 12.1 Å². The lowest BCUT2D eigenvalue weighted by Crippen LogP contribution is -2.47. The third-order valence-electron chi connectivity index (χ3n) is 5.25. The van der Waals surface area contributed by atoms with Gasteiger partial charge in [-0.3, -0.25) is 4.79 Å². The molecule has 0 bridgehead atoms.